The number of nitriles is 1. The molecule has 0 spiro atoms. The molecule has 1 saturated carbocycles. The van der Waals surface area contributed by atoms with E-state index in [1.54, 1.807) is 4.90 Å². The van der Waals surface area contributed by atoms with E-state index in [1.807, 2.05) is 53.3 Å². The fraction of sp³-hybridized carbons (Fsp3) is 0.548. The Labute approximate surface area is 268 Å². The molecule has 11 heteroatoms. The molecule has 0 amide bonds. The molecule has 0 radical (unpaired) electrons. The van der Waals surface area contributed by atoms with Crippen LogP contribution in [0.2, 0.25) is 0 Å². The second kappa shape index (κ2) is 17.7. The molecule has 3 aromatic rings. The zero-order chi connectivity index (χ0) is 27.9. The van der Waals surface area contributed by atoms with Gasteiger partial charge >= 0.3 is 0 Å². The number of anilines is 1. The van der Waals surface area contributed by atoms with E-state index >= 15 is 0 Å². The number of nitrogens with zero attached hydrogens (tertiary/aromatic N) is 4. The predicted octanol–water partition coefficient (Wildman–Crippen LogP) is 6.95. The molecular weight excluding hydrogens is 600 g/mol. The summed E-state index contributed by atoms with van der Waals surface area (Å²) in [4.78, 5) is 4.07. The molecular formula is C31H45Cl3FN5O2. The molecule has 234 valence electrons. The summed E-state index contributed by atoms with van der Waals surface area (Å²) in [6.07, 6.45) is 6.67. The normalized spacial score (nSPS) is 14.9. The molecule has 2 aromatic carbocycles. The summed E-state index contributed by atoms with van der Waals surface area (Å²) in [6, 6.07) is 9.84. The highest BCUT2D eigenvalue weighted by Crippen LogP contribution is 2.34. The monoisotopic (exact) mass is 643 g/mol. The third-order valence-corrected chi connectivity index (χ3v) is 7.77. The molecule has 42 heavy (non-hydrogen) atoms. The fourth-order valence-corrected chi connectivity index (χ4v) is 5.22. The smallest absolute Gasteiger partial charge is 0.173 e. The van der Waals surface area contributed by atoms with E-state index in [0.29, 0.717) is 23.7 Å². The van der Waals surface area contributed by atoms with Crippen molar-refractivity contribution in [1.29, 1.82) is 5.26 Å². The average molecular weight is 645 g/mol. The fourth-order valence-electron chi connectivity index (χ4n) is 5.22. The van der Waals surface area contributed by atoms with Crippen LogP contribution in [0.15, 0.2) is 28.8 Å². The van der Waals surface area contributed by atoms with Crippen LogP contribution in [0.4, 0.5) is 10.1 Å². The van der Waals surface area contributed by atoms with E-state index in [4.69, 9.17) is 9.26 Å². The van der Waals surface area contributed by atoms with Crippen LogP contribution in [0.25, 0.3) is 11.0 Å². The van der Waals surface area contributed by atoms with Gasteiger partial charge in [-0.1, -0.05) is 11.2 Å². The third kappa shape index (κ3) is 9.36. The van der Waals surface area contributed by atoms with Gasteiger partial charge in [0, 0.05) is 37.2 Å². The van der Waals surface area contributed by atoms with Crippen LogP contribution in [0, 0.1) is 35.9 Å². The van der Waals surface area contributed by atoms with Crippen molar-refractivity contribution in [2.45, 2.75) is 52.0 Å². The minimum Gasteiger partial charge on any atom is -0.493 e. The number of ether oxygens (including phenoxy) is 1. The molecule has 2 aliphatic rings. The second-order valence-corrected chi connectivity index (χ2v) is 11.1. The van der Waals surface area contributed by atoms with Crippen LogP contribution in [0.3, 0.4) is 0 Å². The lowest BCUT2D eigenvalue weighted by molar-refractivity contribution is 0.170. The molecule has 1 saturated heterocycles. The van der Waals surface area contributed by atoms with Gasteiger partial charge in [0.15, 0.2) is 5.58 Å². The molecule has 7 nitrogen and oxygen atoms in total. The van der Waals surface area contributed by atoms with Gasteiger partial charge in [-0.3, -0.25) is 4.90 Å². The SMILES string of the molecule is CNC.Cc1c(OCC2CC2)ccc2c(CCC3CCN(Cc4ccc(N(C)C)c(C#N)c4F)CC3)noc12.Cl.Cl.Cl. The first-order chi connectivity index (χ1) is 18.9. The number of piperidine rings is 1. The van der Waals surface area contributed by atoms with E-state index in [9.17, 15) is 9.65 Å². The first-order valence-electron chi connectivity index (χ1n) is 14.1. The van der Waals surface area contributed by atoms with Gasteiger partial charge in [-0.05, 0) is 103 Å². The second-order valence-electron chi connectivity index (χ2n) is 11.1. The molecule has 1 N–H and O–H groups in total. The van der Waals surface area contributed by atoms with Crippen molar-refractivity contribution in [2.24, 2.45) is 11.8 Å². The highest BCUT2D eigenvalue weighted by atomic mass is 35.5. The Morgan fingerprint density at radius 1 is 1.07 bits per heavy atom. The van der Waals surface area contributed by atoms with Crippen molar-refractivity contribution in [1.82, 2.24) is 15.4 Å². The molecule has 1 aliphatic heterocycles. The number of aromatic nitrogens is 1. The minimum atomic E-state index is -0.389. The summed E-state index contributed by atoms with van der Waals surface area (Å²) in [5.74, 6) is 1.85. The summed E-state index contributed by atoms with van der Waals surface area (Å²) < 4.78 is 26.7. The highest BCUT2D eigenvalue weighted by Gasteiger charge is 2.24. The summed E-state index contributed by atoms with van der Waals surface area (Å²) in [5, 5.41) is 17.7. The van der Waals surface area contributed by atoms with Crippen molar-refractivity contribution in [3.8, 4) is 11.8 Å². The van der Waals surface area contributed by atoms with Gasteiger partial charge in [0.1, 0.15) is 23.2 Å². The van der Waals surface area contributed by atoms with Crippen molar-refractivity contribution < 1.29 is 13.7 Å². The zero-order valence-electron chi connectivity index (χ0n) is 25.2. The Balaban J connectivity index is 0.00000141. The quantitative estimate of drug-likeness (QED) is 0.270. The standard InChI is InChI=1S/C29H35FN4O2.C2H7N.3ClH/c1-19-27(35-18-21-4-5-21)11-8-23-25(32-36-29(19)23)9-6-20-12-14-34(15-13-20)17-22-7-10-26(33(2)3)24(16-31)28(22)30;1-3-2;;;/h7-8,10-11,20-21H,4-6,9,12-15,17-18H2,1-3H3;3H,1-2H3;3*1H. The first-order valence-corrected chi connectivity index (χ1v) is 14.1. The van der Waals surface area contributed by atoms with Crippen LogP contribution < -0.4 is 15.0 Å². The molecule has 2 heterocycles. The lowest BCUT2D eigenvalue weighted by atomic mass is 9.90. The molecule has 0 unspecified atom stereocenters. The highest BCUT2D eigenvalue weighted by molar-refractivity contribution is 5.86. The maximum Gasteiger partial charge on any atom is 0.173 e. The molecule has 0 atom stereocenters. The number of rotatable bonds is 9. The Kier molecular flexibility index (Phi) is 15.9. The van der Waals surface area contributed by atoms with Crippen LogP contribution >= 0.6 is 37.2 Å². The number of hydrogen-bond donors (Lipinski definition) is 1. The summed E-state index contributed by atoms with van der Waals surface area (Å²) in [6.45, 7) is 5.24. The van der Waals surface area contributed by atoms with Crippen molar-refractivity contribution in [3.63, 3.8) is 0 Å². The molecule has 5 rings (SSSR count). The van der Waals surface area contributed by atoms with E-state index in [0.717, 1.165) is 79.3 Å². The summed E-state index contributed by atoms with van der Waals surface area (Å²) in [7, 11) is 7.40. The number of likely N-dealkylation sites (tertiary alicyclic amines) is 1. The van der Waals surface area contributed by atoms with Crippen LogP contribution in [-0.2, 0) is 13.0 Å². The topological polar surface area (TPSA) is 77.6 Å². The van der Waals surface area contributed by atoms with E-state index in [1.165, 1.54) is 12.8 Å². The van der Waals surface area contributed by atoms with E-state index in [2.05, 4.69) is 27.5 Å². The van der Waals surface area contributed by atoms with E-state index < -0.39 is 0 Å². The van der Waals surface area contributed by atoms with Gasteiger partial charge in [0.2, 0.25) is 0 Å². The lowest BCUT2D eigenvalue weighted by Crippen LogP contribution is -2.33. The van der Waals surface area contributed by atoms with Crippen molar-refractivity contribution >= 4 is 53.9 Å². The van der Waals surface area contributed by atoms with Crippen LogP contribution in [0.5, 0.6) is 5.75 Å². The average Bonchev–Trinajstić information content (AvgIpc) is 3.66. The number of halogens is 4. The van der Waals surface area contributed by atoms with Crippen molar-refractivity contribution in [2.75, 3.05) is 52.8 Å². The maximum atomic E-state index is 15.0. The number of aryl methyl sites for hydroxylation is 2. The Morgan fingerprint density at radius 3 is 2.33 bits per heavy atom. The van der Waals surface area contributed by atoms with Gasteiger partial charge in [-0.25, -0.2) is 4.39 Å². The van der Waals surface area contributed by atoms with E-state index in [-0.39, 0.29) is 48.6 Å². The Bertz CT molecular complexity index is 1300. The largest absolute Gasteiger partial charge is 0.493 e. The van der Waals surface area contributed by atoms with Crippen LogP contribution in [-0.4, -0.2) is 57.9 Å². The Hall–Kier alpha value is -2.28. The van der Waals surface area contributed by atoms with Gasteiger partial charge in [0.25, 0.3) is 0 Å². The summed E-state index contributed by atoms with van der Waals surface area (Å²) in [5.41, 5.74) is 4.24. The predicted molar refractivity (Wildman–Crippen MR) is 175 cm³/mol. The van der Waals surface area contributed by atoms with Gasteiger partial charge in [-0.2, -0.15) is 5.26 Å². The first kappa shape index (κ1) is 37.7. The van der Waals surface area contributed by atoms with Gasteiger partial charge in [0.05, 0.1) is 18.0 Å². The third-order valence-electron chi connectivity index (χ3n) is 7.77. The molecule has 0 bridgehead atoms. The molecule has 2 fully saturated rings. The van der Waals surface area contributed by atoms with Gasteiger partial charge in [-0.15, -0.1) is 37.2 Å². The Morgan fingerprint density at radius 2 is 1.74 bits per heavy atom. The number of fused-ring (bicyclic) bond motifs is 1. The van der Waals surface area contributed by atoms with Gasteiger partial charge < -0.3 is 19.5 Å². The number of hydrogen-bond acceptors (Lipinski definition) is 7. The van der Waals surface area contributed by atoms with Crippen LogP contribution in [0.1, 0.15) is 54.5 Å². The molecule has 1 aliphatic carbocycles. The van der Waals surface area contributed by atoms with Crippen molar-refractivity contribution in [3.05, 3.63) is 52.5 Å². The molecule has 1 aromatic heterocycles. The summed E-state index contributed by atoms with van der Waals surface area (Å²) >= 11 is 0. The number of benzene rings is 2. The zero-order valence-corrected chi connectivity index (χ0v) is 27.7. The lowest BCUT2D eigenvalue weighted by Gasteiger charge is -2.32. The minimum absolute atomic E-state index is 0. The maximum absolute atomic E-state index is 15.0. The number of nitrogens with one attached hydrogen (secondary N) is 1.